The largest absolute Gasteiger partial charge is 0.370 e. The van der Waals surface area contributed by atoms with E-state index in [1.165, 1.54) is 6.92 Å². The monoisotopic (exact) mass is 470 g/mol. The molecule has 0 aliphatic rings. The highest BCUT2D eigenvalue weighted by atomic mass is 35.5. The fourth-order valence-electron chi connectivity index (χ4n) is 3.26. The minimum Gasteiger partial charge on any atom is -0.370 e. The predicted molar refractivity (Wildman–Crippen MR) is 126 cm³/mol. The highest BCUT2D eigenvalue weighted by Gasteiger charge is 2.14. The van der Waals surface area contributed by atoms with Crippen molar-refractivity contribution in [2.75, 3.05) is 5.32 Å². The van der Waals surface area contributed by atoms with Crippen LogP contribution in [0.1, 0.15) is 29.3 Å². The smallest absolute Gasteiger partial charge is 0.231 e. The third kappa shape index (κ3) is 5.38. The Hall–Kier alpha value is -3.54. The number of nitriles is 1. The number of nitrogens with zero attached hydrogens (tertiary/aromatic N) is 2. The van der Waals surface area contributed by atoms with Gasteiger partial charge in [-0.25, -0.2) is 4.99 Å². The van der Waals surface area contributed by atoms with Crippen molar-refractivity contribution in [3.8, 4) is 6.07 Å². The topological polar surface area (TPSA) is 136 Å². The number of aliphatic imine (C=N–C) groups is 1. The molecule has 2 aromatic carbocycles. The van der Waals surface area contributed by atoms with E-state index in [2.05, 4.69) is 26.7 Å². The lowest BCUT2D eigenvalue weighted by molar-refractivity contribution is -0.119. The van der Waals surface area contributed by atoms with E-state index < -0.39 is 0 Å². The standard InChI is InChI=1S/C22H20Cl2N6O2/c1-11-15(16-5-13(9-25)3-4-19(16)28-11)8-20(32)30-22(26)27-10-14-6-17(23)21(18(24)7-14)29-12(2)31/h3-7,28H,8,10H2,1-2H3,(H,29,31)(H3,26,27,30,32). The van der Waals surface area contributed by atoms with Crippen molar-refractivity contribution >= 4 is 57.6 Å². The Labute approximate surface area is 194 Å². The molecule has 10 heteroatoms. The summed E-state index contributed by atoms with van der Waals surface area (Å²) in [5.74, 6) is -0.682. The number of amides is 2. The van der Waals surface area contributed by atoms with Crippen molar-refractivity contribution in [3.63, 3.8) is 0 Å². The molecule has 0 radical (unpaired) electrons. The maximum absolute atomic E-state index is 12.5. The first-order valence-corrected chi connectivity index (χ1v) is 10.3. The van der Waals surface area contributed by atoms with Gasteiger partial charge < -0.3 is 16.0 Å². The van der Waals surface area contributed by atoms with Gasteiger partial charge in [0.15, 0.2) is 5.96 Å². The third-order valence-corrected chi connectivity index (χ3v) is 5.28. The highest BCUT2D eigenvalue weighted by molar-refractivity contribution is 6.39. The van der Waals surface area contributed by atoms with E-state index in [0.29, 0.717) is 16.8 Å². The first kappa shape index (κ1) is 23.1. The molecule has 1 heterocycles. The number of nitrogens with one attached hydrogen (secondary N) is 3. The molecule has 0 bridgehead atoms. The van der Waals surface area contributed by atoms with Crippen molar-refractivity contribution < 1.29 is 9.59 Å². The molecular weight excluding hydrogens is 451 g/mol. The summed E-state index contributed by atoms with van der Waals surface area (Å²) in [7, 11) is 0. The van der Waals surface area contributed by atoms with Gasteiger partial charge in [-0.3, -0.25) is 14.9 Å². The number of nitrogens with two attached hydrogens (primary N) is 1. The molecule has 0 saturated heterocycles. The van der Waals surface area contributed by atoms with Crippen molar-refractivity contribution in [1.82, 2.24) is 10.3 Å². The summed E-state index contributed by atoms with van der Waals surface area (Å²) < 4.78 is 0. The minimum absolute atomic E-state index is 0.0524. The van der Waals surface area contributed by atoms with E-state index in [9.17, 15) is 9.59 Å². The van der Waals surface area contributed by atoms with E-state index in [1.807, 2.05) is 13.0 Å². The number of benzene rings is 2. The number of carbonyl (C=O) groups is 2. The second-order valence-corrected chi connectivity index (χ2v) is 7.96. The van der Waals surface area contributed by atoms with Gasteiger partial charge in [0.25, 0.3) is 0 Å². The van der Waals surface area contributed by atoms with Crippen molar-refractivity contribution in [2.45, 2.75) is 26.8 Å². The van der Waals surface area contributed by atoms with Crippen LogP contribution in [0, 0.1) is 18.3 Å². The van der Waals surface area contributed by atoms with E-state index in [4.69, 9.17) is 34.2 Å². The number of aromatic amines is 1. The fourth-order valence-corrected chi connectivity index (χ4v) is 3.88. The summed E-state index contributed by atoms with van der Waals surface area (Å²) in [5, 5.41) is 15.6. The third-order valence-electron chi connectivity index (χ3n) is 4.69. The number of hydrogen-bond donors (Lipinski definition) is 4. The van der Waals surface area contributed by atoms with E-state index in [-0.39, 0.29) is 40.8 Å². The molecule has 5 N–H and O–H groups in total. The number of aryl methyl sites for hydroxylation is 1. The SMILES string of the molecule is CC(=O)Nc1c(Cl)cc(CN=C(N)NC(=O)Cc2c(C)[nH]c3ccc(C#N)cc23)cc1Cl. The van der Waals surface area contributed by atoms with Crippen molar-refractivity contribution in [1.29, 1.82) is 5.26 Å². The quantitative estimate of drug-likeness (QED) is 0.333. The lowest BCUT2D eigenvalue weighted by Gasteiger charge is -2.10. The summed E-state index contributed by atoms with van der Waals surface area (Å²) in [6, 6.07) is 10.6. The van der Waals surface area contributed by atoms with Crippen LogP contribution in [0.15, 0.2) is 35.3 Å². The zero-order valence-electron chi connectivity index (χ0n) is 17.3. The molecular formula is C22H20Cl2N6O2. The van der Waals surface area contributed by atoms with Gasteiger partial charge in [-0.2, -0.15) is 5.26 Å². The first-order valence-electron chi connectivity index (χ1n) is 9.54. The van der Waals surface area contributed by atoms with Crippen molar-refractivity contribution in [2.24, 2.45) is 10.7 Å². The van der Waals surface area contributed by atoms with E-state index >= 15 is 0 Å². The van der Waals surface area contributed by atoms with Crippen LogP contribution in [0.2, 0.25) is 10.0 Å². The van der Waals surface area contributed by atoms with Gasteiger partial charge in [0.05, 0.1) is 40.3 Å². The Balaban J connectivity index is 1.69. The lowest BCUT2D eigenvalue weighted by atomic mass is 10.1. The van der Waals surface area contributed by atoms with Crippen LogP contribution in [0.25, 0.3) is 10.9 Å². The molecule has 0 saturated carbocycles. The zero-order chi connectivity index (χ0) is 23.4. The number of rotatable bonds is 5. The van der Waals surface area contributed by atoms with Crippen LogP contribution in [-0.4, -0.2) is 22.8 Å². The maximum atomic E-state index is 12.5. The van der Waals surface area contributed by atoms with E-state index in [0.717, 1.165) is 22.2 Å². The Morgan fingerprint density at radius 1 is 1.22 bits per heavy atom. The number of guanidine groups is 1. The van der Waals surface area contributed by atoms with Crippen molar-refractivity contribution in [3.05, 3.63) is 62.8 Å². The van der Waals surface area contributed by atoms with Gasteiger partial charge in [-0.15, -0.1) is 0 Å². The maximum Gasteiger partial charge on any atom is 0.231 e. The van der Waals surface area contributed by atoms with Crippen LogP contribution >= 0.6 is 23.2 Å². The molecule has 3 rings (SSSR count). The zero-order valence-corrected chi connectivity index (χ0v) is 18.9. The molecule has 164 valence electrons. The highest BCUT2D eigenvalue weighted by Crippen LogP contribution is 2.32. The van der Waals surface area contributed by atoms with Gasteiger partial charge >= 0.3 is 0 Å². The fraction of sp³-hybridized carbons (Fsp3) is 0.182. The summed E-state index contributed by atoms with van der Waals surface area (Å²) in [6.45, 7) is 3.35. The molecule has 8 nitrogen and oxygen atoms in total. The molecule has 2 amide bonds. The molecule has 1 aromatic heterocycles. The molecule has 0 spiro atoms. The predicted octanol–water partition coefficient (Wildman–Crippen LogP) is 3.79. The number of halogens is 2. The van der Waals surface area contributed by atoms with E-state index in [1.54, 1.807) is 24.3 Å². The summed E-state index contributed by atoms with van der Waals surface area (Å²) in [6.07, 6.45) is 0.0694. The molecule has 0 fully saturated rings. The number of carbonyl (C=O) groups excluding carboxylic acids is 2. The van der Waals surface area contributed by atoms with Crippen LogP contribution < -0.4 is 16.4 Å². The van der Waals surface area contributed by atoms with Crippen LogP contribution in [-0.2, 0) is 22.6 Å². The number of H-pyrrole nitrogens is 1. The molecule has 0 unspecified atom stereocenters. The second kappa shape index (κ2) is 9.73. The molecule has 32 heavy (non-hydrogen) atoms. The summed E-state index contributed by atoms with van der Waals surface area (Å²) in [5.41, 5.74) is 9.83. The molecule has 3 aromatic rings. The van der Waals surface area contributed by atoms with Gasteiger partial charge in [-0.05, 0) is 48.4 Å². The molecule has 0 atom stereocenters. The summed E-state index contributed by atoms with van der Waals surface area (Å²) in [4.78, 5) is 31.1. The normalized spacial score (nSPS) is 11.3. The van der Waals surface area contributed by atoms with Crippen LogP contribution in [0.5, 0.6) is 0 Å². The number of aromatic nitrogens is 1. The van der Waals surface area contributed by atoms with Gasteiger partial charge in [-0.1, -0.05) is 23.2 Å². The Kier molecular flexibility index (Phi) is 7.03. The lowest BCUT2D eigenvalue weighted by Crippen LogP contribution is -2.37. The minimum atomic E-state index is -0.338. The average molecular weight is 471 g/mol. The first-order chi connectivity index (χ1) is 15.2. The summed E-state index contributed by atoms with van der Waals surface area (Å²) >= 11 is 12.3. The second-order valence-electron chi connectivity index (χ2n) is 7.14. The van der Waals surface area contributed by atoms with Gasteiger partial charge in [0, 0.05) is 23.5 Å². The molecule has 0 aliphatic heterocycles. The number of anilines is 1. The van der Waals surface area contributed by atoms with Crippen LogP contribution in [0.4, 0.5) is 5.69 Å². The Bertz CT molecular complexity index is 1270. The Morgan fingerprint density at radius 3 is 2.53 bits per heavy atom. The van der Waals surface area contributed by atoms with Gasteiger partial charge in [0.2, 0.25) is 11.8 Å². The molecule has 0 aliphatic carbocycles. The number of fused-ring (bicyclic) bond motifs is 1. The number of hydrogen-bond acceptors (Lipinski definition) is 4. The van der Waals surface area contributed by atoms with Crippen LogP contribution in [0.3, 0.4) is 0 Å². The average Bonchev–Trinajstić information content (AvgIpc) is 3.03. The van der Waals surface area contributed by atoms with Gasteiger partial charge in [0.1, 0.15) is 0 Å². The Morgan fingerprint density at radius 2 is 1.91 bits per heavy atom.